The second-order valence-corrected chi connectivity index (χ2v) is 5.04. The number of amides is 1. The van der Waals surface area contributed by atoms with Crippen molar-refractivity contribution in [2.24, 2.45) is 0 Å². The summed E-state index contributed by atoms with van der Waals surface area (Å²) in [7, 11) is 1.87. The Bertz CT molecular complexity index is 674. The van der Waals surface area contributed by atoms with Crippen LogP contribution < -0.4 is 15.4 Å². The van der Waals surface area contributed by atoms with E-state index in [9.17, 15) is 9.18 Å². The Balaban J connectivity index is 2.14. The molecular formula is C18H21FN2O2. The minimum absolute atomic E-state index is 0.180. The molecular weight excluding hydrogens is 295 g/mol. The van der Waals surface area contributed by atoms with Crippen LogP contribution in [0.25, 0.3) is 0 Å². The Kier molecular flexibility index (Phi) is 6.11. The van der Waals surface area contributed by atoms with Crippen molar-refractivity contribution in [1.29, 1.82) is 0 Å². The Morgan fingerprint density at radius 2 is 2.00 bits per heavy atom. The number of hydrogen-bond donors (Lipinski definition) is 2. The van der Waals surface area contributed by atoms with Gasteiger partial charge in [0.15, 0.2) is 11.6 Å². The van der Waals surface area contributed by atoms with E-state index < -0.39 is 5.82 Å². The summed E-state index contributed by atoms with van der Waals surface area (Å²) in [6.45, 7) is 2.96. The van der Waals surface area contributed by atoms with Crippen LogP contribution in [-0.2, 0) is 6.42 Å². The zero-order valence-electron chi connectivity index (χ0n) is 13.4. The van der Waals surface area contributed by atoms with Crippen molar-refractivity contribution in [3.63, 3.8) is 0 Å². The molecule has 0 fully saturated rings. The number of halogens is 1. The van der Waals surface area contributed by atoms with Crippen LogP contribution in [-0.4, -0.2) is 26.1 Å². The van der Waals surface area contributed by atoms with E-state index in [2.05, 4.69) is 10.6 Å². The highest BCUT2D eigenvalue weighted by atomic mass is 19.1. The molecule has 0 aliphatic rings. The number of likely N-dealkylation sites (N-methyl/N-ethyl adjacent to an activating group) is 1. The highest BCUT2D eigenvalue weighted by molar-refractivity contribution is 6.05. The van der Waals surface area contributed by atoms with E-state index >= 15 is 0 Å². The van der Waals surface area contributed by atoms with Gasteiger partial charge in [0, 0.05) is 17.3 Å². The summed E-state index contributed by atoms with van der Waals surface area (Å²) in [4.78, 5) is 12.4. The van der Waals surface area contributed by atoms with Crippen LogP contribution in [0, 0.1) is 5.82 Å². The van der Waals surface area contributed by atoms with Gasteiger partial charge in [-0.05, 0) is 50.7 Å². The van der Waals surface area contributed by atoms with E-state index in [0.29, 0.717) is 17.9 Å². The third-order valence-electron chi connectivity index (χ3n) is 3.40. The Hall–Kier alpha value is -2.40. The maximum absolute atomic E-state index is 13.9. The van der Waals surface area contributed by atoms with Crippen LogP contribution in [0.5, 0.6) is 5.75 Å². The summed E-state index contributed by atoms with van der Waals surface area (Å²) >= 11 is 0. The first-order chi connectivity index (χ1) is 11.2. The van der Waals surface area contributed by atoms with Gasteiger partial charge in [-0.1, -0.05) is 18.2 Å². The lowest BCUT2D eigenvalue weighted by atomic mass is 10.0. The molecule has 0 aromatic heterocycles. The molecule has 2 rings (SSSR count). The van der Waals surface area contributed by atoms with Gasteiger partial charge in [-0.2, -0.15) is 0 Å². The fraction of sp³-hybridized carbons (Fsp3) is 0.278. The van der Waals surface area contributed by atoms with Gasteiger partial charge in [-0.15, -0.1) is 0 Å². The molecule has 0 spiro atoms. The first-order valence-electron chi connectivity index (χ1n) is 7.62. The normalized spacial score (nSPS) is 10.4. The highest BCUT2D eigenvalue weighted by Crippen LogP contribution is 2.22. The molecule has 0 aliphatic heterocycles. The minimum atomic E-state index is -0.492. The lowest BCUT2D eigenvalue weighted by Crippen LogP contribution is -2.17. The molecule has 0 unspecified atom stereocenters. The van der Waals surface area contributed by atoms with E-state index in [1.807, 2.05) is 25.2 Å². The lowest BCUT2D eigenvalue weighted by molar-refractivity contribution is 0.102. The third kappa shape index (κ3) is 4.53. The molecule has 0 atom stereocenters. The summed E-state index contributed by atoms with van der Waals surface area (Å²) < 4.78 is 19.0. The number of carbonyl (C=O) groups excluding carboxylic acids is 1. The van der Waals surface area contributed by atoms with E-state index in [-0.39, 0.29) is 11.7 Å². The van der Waals surface area contributed by atoms with E-state index in [4.69, 9.17) is 4.74 Å². The molecule has 4 nitrogen and oxygen atoms in total. The number of anilines is 1. The molecule has 0 radical (unpaired) electrons. The topological polar surface area (TPSA) is 50.4 Å². The molecule has 0 bridgehead atoms. The van der Waals surface area contributed by atoms with Crippen molar-refractivity contribution in [3.8, 4) is 5.75 Å². The van der Waals surface area contributed by atoms with Crippen molar-refractivity contribution >= 4 is 11.6 Å². The summed E-state index contributed by atoms with van der Waals surface area (Å²) in [5, 5.41) is 5.79. The zero-order valence-corrected chi connectivity index (χ0v) is 13.4. The van der Waals surface area contributed by atoms with Gasteiger partial charge in [-0.25, -0.2) is 4.39 Å². The number of rotatable bonds is 7. The van der Waals surface area contributed by atoms with Crippen molar-refractivity contribution in [2.75, 3.05) is 25.5 Å². The lowest BCUT2D eigenvalue weighted by Gasteiger charge is -2.11. The average molecular weight is 316 g/mol. The second-order valence-electron chi connectivity index (χ2n) is 5.04. The van der Waals surface area contributed by atoms with Crippen molar-refractivity contribution in [2.45, 2.75) is 13.3 Å². The van der Waals surface area contributed by atoms with E-state index in [1.165, 1.54) is 12.1 Å². The van der Waals surface area contributed by atoms with Gasteiger partial charge < -0.3 is 15.4 Å². The Morgan fingerprint density at radius 1 is 1.22 bits per heavy atom. The first kappa shape index (κ1) is 17.0. The van der Waals surface area contributed by atoms with Crippen molar-refractivity contribution < 1.29 is 13.9 Å². The van der Waals surface area contributed by atoms with Gasteiger partial charge >= 0.3 is 0 Å². The molecule has 0 aliphatic carbocycles. The number of hydrogen-bond acceptors (Lipinski definition) is 3. The predicted molar refractivity (Wildman–Crippen MR) is 89.6 cm³/mol. The fourth-order valence-corrected chi connectivity index (χ4v) is 2.27. The maximum atomic E-state index is 13.9. The first-order valence-corrected chi connectivity index (χ1v) is 7.62. The summed E-state index contributed by atoms with van der Waals surface area (Å²) in [5.41, 5.74) is 1.95. The average Bonchev–Trinajstić information content (AvgIpc) is 2.56. The molecule has 5 heteroatoms. The number of benzene rings is 2. The van der Waals surface area contributed by atoms with Gasteiger partial charge in [0.1, 0.15) is 0 Å². The molecule has 0 heterocycles. The number of nitrogens with one attached hydrogen (secondary N) is 2. The smallest absolute Gasteiger partial charge is 0.255 e. The fourth-order valence-electron chi connectivity index (χ4n) is 2.27. The van der Waals surface area contributed by atoms with Crippen molar-refractivity contribution in [1.82, 2.24) is 5.32 Å². The van der Waals surface area contributed by atoms with Crippen molar-refractivity contribution in [3.05, 3.63) is 59.4 Å². The molecule has 0 saturated carbocycles. The largest absolute Gasteiger partial charge is 0.491 e. The van der Waals surface area contributed by atoms with Crippen LogP contribution in [0.15, 0.2) is 42.5 Å². The van der Waals surface area contributed by atoms with Gasteiger partial charge in [0.25, 0.3) is 5.91 Å². The quantitative estimate of drug-likeness (QED) is 0.824. The van der Waals surface area contributed by atoms with Crippen LogP contribution in [0.1, 0.15) is 22.8 Å². The SMILES string of the molecule is CCOc1ccc(NC(=O)c2ccccc2CCNC)cc1F. The van der Waals surface area contributed by atoms with E-state index in [1.54, 1.807) is 19.1 Å². The van der Waals surface area contributed by atoms with Crippen LogP contribution in [0.2, 0.25) is 0 Å². The zero-order chi connectivity index (χ0) is 16.7. The van der Waals surface area contributed by atoms with Gasteiger partial charge in [-0.3, -0.25) is 4.79 Å². The van der Waals surface area contributed by atoms with Crippen LogP contribution >= 0.6 is 0 Å². The van der Waals surface area contributed by atoms with Crippen LogP contribution in [0.3, 0.4) is 0 Å². The van der Waals surface area contributed by atoms with E-state index in [0.717, 1.165) is 18.5 Å². The molecule has 0 saturated heterocycles. The predicted octanol–water partition coefficient (Wildman–Crippen LogP) is 3.24. The standard InChI is InChI=1S/C18H21FN2O2/c1-3-23-17-9-8-14(12-16(17)19)21-18(22)15-7-5-4-6-13(15)10-11-20-2/h4-9,12,20H,3,10-11H2,1-2H3,(H,21,22). The second kappa shape index (κ2) is 8.29. The molecule has 122 valence electrons. The summed E-state index contributed by atoms with van der Waals surface area (Å²) in [6, 6.07) is 11.8. The molecule has 2 aromatic carbocycles. The number of carbonyl (C=O) groups is 1. The Morgan fingerprint density at radius 3 is 2.70 bits per heavy atom. The van der Waals surface area contributed by atoms with Crippen LogP contribution in [0.4, 0.5) is 10.1 Å². The molecule has 23 heavy (non-hydrogen) atoms. The minimum Gasteiger partial charge on any atom is -0.491 e. The monoisotopic (exact) mass is 316 g/mol. The Labute approximate surface area is 135 Å². The summed E-state index contributed by atoms with van der Waals surface area (Å²) in [6.07, 6.45) is 0.748. The van der Waals surface area contributed by atoms with Gasteiger partial charge in [0.2, 0.25) is 0 Å². The molecule has 1 amide bonds. The molecule has 2 aromatic rings. The number of ether oxygens (including phenoxy) is 1. The van der Waals surface area contributed by atoms with Gasteiger partial charge in [0.05, 0.1) is 6.61 Å². The maximum Gasteiger partial charge on any atom is 0.255 e. The highest BCUT2D eigenvalue weighted by Gasteiger charge is 2.12. The molecule has 2 N–H and O–H groups in total. The third-order valence-corrected chi connectivity index (χ3v) is 3.40. The summed E-state index contributed by atoms with van der Waals surface area (Å²) in [5.74, 6) is -0.562.